The van der Waals surface area contributed by atoms with E-state index in [2.05, 4.69) is 41.2 Å². The quantitative estimate of drug-likeness (QED) is 0.532. The van der Waals surface area contributed by atoms with Crippen LogP contribution in [0.4, 0.5) is 5.69 Å². The summed E-state index contributed by atoms with van der Waals surface area (Å²) in [6.45, 7) is 6.82. The predicted octanol–water partition coefficient (Wildman–Crippen LogP) is 4.02. The van der Waals surface area contributed by atoms with E-state index < -0.39 is 7.82 Å². The largest absolute Gasteiger partial charge is 0.466 e. The molecule has 1 aromatic carbocycles. The van der Waals surface area contributed by atoms with Crippen LogP contribution in [0.3, 0.4) is 0 Å². The second kappa shape index (κ2) is 10.5. The highest BCUT2D eigenvalue weighted by Gasteiger charge is 2.25. The Balaban J connectivity index is 0.000000500. The summed E-state index contributed by atoms with van der Waals surface area (Å²) in [7, 11) is -4.64. The van der Waals surface area contributed by atoms with Gasteiger partial charge in [0.15, 0.2) is 0 Å². The van der Waals surface area contributed by atoms with Crippen LogP contribution in [0.15, 0.2) is 30.5 Å². The molecule has 1 aliphatic carbocycles. The molecular weight excluding hydrogens is 401 g/mol. The molecule has 7 nitrogen and oxygen atoms in total. The summed E-state index contributed by atoms with van der Waals surface area (Å²) in [5, 5.41) is 5.66. The second-order valence-electron chi connectivity index (χ2n) is 6.92. The van der Waals surface area contributed by atoms with Gasteiger partial charge in [-0.05, 0) is 63.0 Å². The minimum Gasteiger partial charge on any atom is -0.382 e. The van der Waals surface area contributed by atoms with Crippen LogP contribution in [0.5, 0.6) is 0 Å². The van der Waals surface area contributed by atoms with Gasteiger partial charge in [0.05, 0.1) is 5.52 Å². The van der Waals surface area contributed by atoms with Crippen molar-refractivity contribution < 1.29 is 19.2 Å². The van der Waals surface area contributed by atoms with Crippen molar-refractivity contribution in [3.05, 3.63) is 35.5 Å². The zero-order chi connectivity index (χ0) is 20.7. The van der Waals surface area contributed by atoms with Gasteiger partial charge >= 0.3 is 7.82 Å². The average Bonchev–Trinajstić information content (AvgIpc) is 2.62. The molecule has 1 heterocycles. The fourth-order valence-corrected chi connectivity index (χ4v) is 4.00. The molecule has 0 aliphatic heterocycles. The van der Waals surface area contributed by atoms with E-state index in [-0.39, 0.29) is 0 Å². The molecule has 1 saturated carbocycles. The first-order valence-corrected chi connectivity index (χ1v) is 11.5. The maximum absolute atomic E-state index is 8.88. The van der Waals surface area contributed by atoms with Gasteiger partial charge in [0.2, 0.25) is 0 Å². The molecule has 156 valence electrons. The number of hydrogen-bond acceptors (Lipinski definition) is 4. The molecule has 3 rings (SSSR count). The summed E-state index contributed by atoms with van der Waals surface area (Å²) in [6, 6.07) is 9.27. The minimum absolute atomic E-state index is 0.538. The first-order valence-electron chi connectivity index (χ1n) is 9.54. The van der Waals surface area contributed by atoms with Crippen molar-refractivity contribution in [1.29, 1.82) is 0 Å². The monoisotopic (exact) mass is 429 g/mol. The van der Waals surface area contributed by atoms with Crippen LogP contribution in [0, 0.1) is 0 Å². The van der Waals surface area contributed by atoms with Gasteiger partial charge < -0.3 is 24.9 Å². The average molecular weight is 430 g/mol. The molecule has 2 unspecified atom stereocenters. The molecule has 28 heavy (non-hydrogen) atoms. The summed E-state index contributed by atoms with van der Waals surface area (Å²) in [5.74, 6) is 0. The van der Waals surface area contributed by atoms with Crippen LogP contribution >= 0.6 is 19.4 Å². The first kappa shape index (κ1) is 23.1. The predicted molar refractivity (Wildman–Crippen MR) is 114 cm³/mol. The number of nitrogens with one attached hydrogen (secondary N) is 1. The number of nitrogens with zero attached hydrogens (tertiary/aromatic N) is 2. The number of benzene rings is 1. The Hall–Kier alpha value is -1.21. The summed E-state index contributed by atoms with van der Waals surface area (Å²) in [4.78, 5) is 28.6. The lowest BCUT2D eigenvalue weighted by Gasteiger charge is -2.37. The zero-order valence-electron chi connectivity index (χ0n) is 16.3. The third-order valence-electron chi connectivity index (χ3n) is 5.04. The van der Waals surface area contributed by atoms with E-state index in [1.54, 1.807) is 0 Å². The van der Waals surface area contributed by atoms with Crippen LogP contribution in [-0.2, 0) is 4.57 Å². The maximum atomic E-state index is 8.88. The molecular formula is C19H29ClN3O4P. The smallest absolute Gasteiger partial charge is 0.382 e. The summed E-state index contributed by atoms with van der Waals surface area (Å²) in [6.07, 6.45) is 6.96. The molecule has 2 atom stereocenters. The SMILES string of the molecule is CCN(CC)C1CCCC(Nc2ccnc3cc(Cl)ccc23)C1.O=P(O)(O)O. The highest BCUT2D eigenvalue weighted by molar-refractivity contribution is 7.45. The van der Waals surface area contributed by atoms with E-state index in [1.807, 2.05) is 18.3 Å². The van der Waals surface area contributed by atoms with Crippen molar-refractivity contribution in [3.8, 4) is 0 Å². The summed E-state index contributed by atoms with van der Waals surface area (Å²) < 4.78 is 8.88. The number of aromatic nitrogens is 1. The van der Waals surface area contributed by atoms with Crippen molar-refractivity contribution in [2.24, 2.45) is 0 Å². The number of fused-ring (bicyclic) bond motifs is 1. The van der Waals surface area contributed by atoms with E-state index in [9.17, 15) is 0 Å². The Morgan fingerprint density at radius 1 is 1.21 bits per heavy atom. The number of halogens is 1. The molecule has 0 amide bonds. The molecule has 1 aliphatic rings. The fourth-order valence-electron chi connectivity index (χ4n) is 3.83. The van der Waals surface area contributed by atoms with Gasteiger partial charge in [-0.1, -0.05) is 25.4 Å². The number of anilines is 1. The third kappa shape index (κ3) is 7.32. The number of phosphoric acid groups is 1. The Bertz CT molecular complexity index is 805. The molecule has 4 N–H and O–H groups in total. The van der Waals surface area contributed by atoms with Gasteiger partial charge in [-0.15, -0.1) is 0 Å². The molecule has 1 aromatic heterocycles. The van der Waals surface area contributed by atoms with Crippen molar-refractivity contribution in [2.45, 2.75) is 51.6 Å². The van der Waals surface area contributed by atoms with Crippen LogP contribution in [0.2, 0.25) is 5.02 Å². The van der Waals surface area contributed by atoms with Crippen molar-refractivity contribution in [1.82, 2.24) is 9.88 Å². The fraction of sp³-hybridized carbons (Fsp3) is 0.526. The topological polar surface area (TPSA) is 106 Å². The normalized spacial score (nSPS) is 20.0. The van der Waals surface area contributed by atoms with Gasteiger partial charge in [-0.2, -0.15) is 0 Å². The maximum Gasteiger partial charge on any atom is 0.466 e. The van der Waals surface area contributed by atoms with Crippen molar-refractivity contribution in [2.75, 3.05) is 18.4 Å². The number of rotatable bonds is 5. The lowest BCUT2D eigenvalue weighted by Crippen LogP contribution is -2.42. The standard InChI is InChI=1S/C19H26ClN3.H3O4P/c1-3-23(4-2)16-7-5-6-15(13-16)22-18-10-11-21-19-12-14(20)8-9-17(18)19;1-5(2,3)4/h8-12,15-16H,3-7,13H2,1-2H3,(H,21,22);(H3,1,2,3,4). The first-order chi connectivity index (χ1) is 13.2. The molecule has 0 radical (unpaired) electrons. The highest BCUT2D eigenvalue weighted by Crippen LogP contribution is 2.29. The minimum atomic E-state index is -4.64. The Morgan fingerprint density at radius 2 is 1.89 bits per heavy atom. The molecule has 2 aromatic rings. The molecule has 9 heteroatoms. The highest BCUT2D eigenvalue weighted by atomic mass is 35.5. The van der Waals surface area contributed by atoms with E-state index in [0.29, 0.717) is 12.1 Å². The number of pyridine rings is 1. The molecule has 1 fully saturated rings. The lowest BCUT2D eigenvalue weighted by molar-refractivity contribution is 0.166. The molecule has 0 saturated heterocycles. The van der Waals surface area contributed by atoms with Crippen molar-refractivity contribution in [3.63, 3.8) is 0 Å². The Kier molecular flexibility index (Phi) is 8.68. The second-order valence-corrected chi connectivity index (χ2v) is 8.38. The van der Waals surface area contributed by atoms with Crippen LogP contribution in [-0.4, -0.2) is 49.7 Å². The Labute approximate surface area is 171 Å². The molecule has 0 bridgehead atoms. The summed E-state index contributed by atoms with van der Waals surface area (Å²) in [5.41, 5.74) is 2.13. The van der Waals surface area contributed by atoms with Gasteiger partial charge in [0, 0.05) is 34.4 Å². The summed E-state index contributed by atoms with van der Waals surface area (Å²) >= 11 is 6.08. The van der Waals surface area contributed by atoms with Crippen LogP contribution < -0.4 is 5.32 Å². The van der Waals surface area contributed by atoms with Crippen LogP contribution in [0.25, 0.3) is 10.9 Å². The van der Waals surface area contributed by atoms with Gasteiger partial charge in [-0.3, -0.25) is 4.98 Å². The van der Waals surface area contributed by atoms with E-state index in [0.717, 1.165) is 29.0 Å². The molecule has 0 spiro atoms. The van der Waals surface area contributed by atoms with Gasteiger partial charge in [0.1, 0.15) is 0 Å². The van der Waals surface area contributed by atoms with E-state index in [1.165, 1.54) is 31.4 Å². The van der Waals surface area contributed by atoms with Gasteiger partial charge in [-0.25, -0.2) is 4.57 Å². The number of hydrogen-bond donors (Lipinski definition) is 4. The van der Waals surface area contributed by atoms with Crippen LogP contribution in [0.1, 0.15) is 39.5 Å². The van der Waals surface area contributed by atoms with Gasteiger partial charge in [0.25, 0.3) is 0 Å². The van der Waals surface area contributed by atoms with E-state index >= 15 is 0 Å². The van der Waals surface area contributed by atoms with Crippen molar-refractivity contribution >= 4 is 36.0 Å². The van der Waals surface area contributed by atoms with E-state index in [4.69, 9.17) is 30.8 Å². The third-order valence-corrected chi connectivity index (χ3v) is 5.27. The Morgan fingerprint density at radius 3 is 2.54 bits per heavy atom. The zero-order valence-corrected chi connectivity index (χ0v) is 17.9. The lowest BCUT2D eigenvalue weighted by atomic mass is 9.89.